The lowest BCUT2D eigenvalue weighted by atomic mass is 9.96. The van der Waals surface area contributed by atoms with Gasteiger partial charge in [0, 0.05) is 6.20 Å². The van der Waals surface area contributed by atoms with Crippen LogP contribution < -0.4 is 9.64 Å². The van der Waals surface area contributed by atoms with Gasteiger partial charge in [0.1, 0.15) is 17.1 Å². The summed E-state index contributed by atoms with van der Waals surface area (Å²) >= 11 is 1.36. The molecule has 1 N–H and O–H groups in total. The molecule has 1 amide bonds. The highest BCUT2D eigenvalue weighted by molar-refractivity contribution is 7.22. The molecule has 0 radical (unpaired) electrons. The van der Waals surface area contributed by atoms with Crippen molar-refractivity contribution in [1.82, 2.24) is 14.4 Å². The number of hydrogen-bond acceptors (Lipinski definition) is 7. The lowest BCUT2D eigenvalue weighted by Gasteiger charge is -2.23. The number of aromatic nitrogens is 3. The van der Waals surface area contributed by atoms with Gasteiger partial charge in [-0.2, -0.15) is 0 Å². The van der Waals surface area contributed by atoms with Crippen molar-refractivity contribution < 1.29 is 19.4 Å². The van der Waals surface area contributed by atoms with Gasteiger partial charge in [0.05, 0.1) is 34.1 Å². The summed E-state index contributed by atoms with van der Waals surface area (Å²) in [7, 11) is 0. The summed E-state index contributed by atoms with van der Waals surface area (Å²) in [5.41, 5.74) is 6.06. The van der Waals surface area contributed by atoms with Crippen LogP contribution in [0.3, 0.4) is 0 Å². The molecule has 6 rings (SSSR count). The summed E-state index contributed by atoms with van der Waals surface area (Å²) < 4.78 is 8.76. The summed E-state index contributed by atoms with van der Waals surface area (Å²) in [6.45, 7) is 10.6. The number of pyridine rings is 1. The highest BCUT2D eigenvalue weighted by Crippen LogP contribution is 2.45. The van der Waals surface area contributed by atoms with Gasteiger partial charge in [-0.25, -0.2) is 9.97 Å². The number of aliphatic hydroxyl groups is 1. The molecule has 1 saturated heterocycles. The predicted molar refractivity (Wildman–Crippen MR) is 175 cm³/mol. The molecule has 1 aliphatic rings. The average molecular weight is 609 g/mol. The zero-order valence-electron chi connectivity index (χ0n) is 25.7. The van der Waals surface area contributed by atoms with E-state index >= 15 is 0 Å². The van der Waals surface area contributed by atoms with Crippen LogP contribution in [0.4, 0.5) is 5.13 Å². The number of carbonyl (C=O) groups excluding carboxylic acids is 2. The van der Waals surface area contributed by atoms with Gasteiger partial charge in [-0.1, -0.05) is 61.8 Å². The average Bonchev–Trinajstić information content (AvgIpc) is 3.66. The fourth-order valence-electron chi connectivity index (χ4n) is 5.95. The van der Waals surface area contributed by atoms with Crippen molar-refractivity contribution >= 4 is 49.8 Å². The largest absolute Gasteiger partial charge is 0.505 e. The summed E-state index contributed by atoms with van der Waals surface area (Å²) in [5.74, 6) is -1.11. The number of aliphatic hydroxyl groups excluding tert-OH is 1. The number of amides is 1. The number of hydrogen-bond donors (Lipinski definition) is 1. The van der Waals surface area contributed by atoms with E-state index in [0.29, 0.717) is 34.4 Å². The van der Waals surface area contributed by atoms with E-state index < -0.39 is 17.7 Å². The van der Waals surface area contributed by atoms with E-state index in [9.17, 15) is 14.7 Å². The molecule has 44 heavy (non-hydrogen) atoms. The third-order valence-electron chi connectivity index (χ3n) is 8.24. The summed E-state index contributed by atoms with van der Waals surface area (Å²) in [6.07, 6.45) is 6.30. The maximum Gasteiger partial charge on any atom is 0.301 e. The number of fused-ring (bicyclic) bond motifs is 2. The first-order valence-electron chi connectivity index (χ1n) is 15.1. The lowest BCUT2D eigenvalue weighted by Crippen LogP contribution is -2.29. The molecule has 9 heteroatoms. The Balaban J connectivity index is 1.47. The molecule has 3 aromatic heterocycles. The predicted octanol–water partition coefficient (Wildman–Crippen LogP) is 7.76. The maximum atomic E-state index is 13.8. The van der Waals surface area contributed by atoms with Crippen molar-refractivity contribution in [3.8, 4) is 5.75 Å². The normalized spacial score (nSPS) is 16.5. The molecule has 4 heterocycles. The molecule has 0 aliphatic carbocycles. The van der Waals surface area contributed by atoms with Gasteiger partial charge in [0.15, 0.2) is 10.9 Å². The molecule has 226 valence electrons. The molecule has 5 aromatic rings. The number of rotatable bonds is 9. The highest BCUT2D eigenvalue weighted by atomic mass is 32.1. The smallest absolute Gasteiger partial charge is 0.301 e. The molecule has 2 aromatic carbocycles. The number of benzene rings is 2. The van der Waals surface area contributed by atoms with E-state index in [1.165, 1.54) is 22.7 Å². The van der Waals surface area contributed by atoms with E-state index in [2.05, 4.69) is 6.92 Å². The van der Waals surface area contributed by atoms with Crippen LogP contribution in [0.2, 0.25) is 0 Å². The Kier molecular flexibility index (Phi) is 7.98. The number of ether oxygens (including phenoxy) is 1. The second kappa shape index (κ2) is 11.9. The van der Waals surface area contributed by atoms with E-state index in [4.69, 9.17) is 14.7 Å². The number of ketones is 1. The quantitative estimate of drug-likeness (QED) is 0.0795. The van der Waals surface area contributed by atoms with Gasteiger partial charge < -0.3 is 14.2 Å². The zero-order valence-corrected chi connectivity index (χ0v) is 26.5. The van der Waals surface area contributed by atoms with Crippen molar-refractivity contribution in [1.29, 1.82) is 0 Å². The van der Waals surface area contributed by atoms with E-state index in [0.717, 1.165) is 46.2 Å². The Bertz CT molecular complexity index is 1940. The molecule has 1 atom stereocenters. The third-order valence-corrected chi connectivity index (χ3v) is 9.24. The van der Waals surface area contributed by atoms with Crippen LogP contribution in [0.15, 0.2) is 60.3 Å². The minimum Gasteiger partial charge on any atom is -0.505 e. The minimum atomic E-state index is -0.902. The second-order valence-electron chi connectivity index (χ2n) is 11.5. The number of anilines is 1. The van der Waals surface area contributed by atoms with Crippen molar-refractivity contribution in [2.45, 2.75) is 66.3 Å². The lowest BCUT2D eigenvalue weighted by molar-refractivity contribution is -0.132. The molecule has 1 unspecified atom stereocenters. The minimum absolute atomic E-state index is 0.0143. The summed E-state index contributed by atoms with van der Waals surface area (Å²) in [5, 5.41) is 12.2. The Morgan fingerprint density at radius 2 is 1.75 bits per heavy atom. The number of carbonyl (C=O) groups is 2. The second-order valence-corrected chi connectivity index (χ2v) is 12.5. The molecule has 1 aliphatic heterocycles. The SMILES string of the molecule is CCCCCCOc1ccc(C2C(=C(O)c3nc4c(C)cccn4c3C)C(=O)C(=O)N2c2nc3c(C)cc(C)cc3s2)cc1. The molecule has 8 nitrogen and oxygen atoms in total. The van der Waals surface area contributed by atoms with Crippen molar-refractivity contribution in [3.63, 3.8) is 0 Å². The number of imidazole rings is 1. The Hall–Kier alpha value is -4.50. The van der Waals surface area contributed by atoms with Crippen LogP contribution in [0.25, 0.3) is 21.6 Å². The van der Waals surface area contributed by atoms with E-state index in [1.54, 1.807) is 0 Å². The van der Waals surface area contributed by atoms with Gasteiger partial charge in [-0.3, -0.25) is 14.5 Å². The first-order chi connectivity index (χ1) is 21.2. The first-order valence-corrected chi connectivity index (χ1v) is 15.9. The number of Topliss-reactive ketones (excluding diaryl/α,β-unsaturated/α-hetero) is 1. The molecule has 1 fully saturated rings. The van der Waals surface area contributed by atoms with Crippen LogP contribution in [0, 0.1) is 27.7 Å². The molecular weight excluding hydrogens is 572 g/mol. The fraction of sp³-hybridized carbons (Fsp3) is 0.314. The van der Waals surface area contributed by atoms with Crippen LogP contribution in [-0.4, -0.2) is 37.8 Å². The zero-order chi connectivity index (χ0) is 31.1. The monoisotopic (exact) mass is 608 g/mol. The molecular formula is C35H36N4O4S. The third kappa shape index (κ3) is 5.15. The standard InChI is InChI=1S/C35H36N4O4S/c1-6-7-8-9-17-43-25-14-12-24(13-15-25)30-27(31(40)29-23(5)38-16-10-11-21(3)33(38)36-29)32(41)34(42)39(30)35-37-28-22(4)18-20(2)19-26(28)44-35/h10-16,18-19,30,40H,6-9,17H2,1-5H3. The number of aryl methyl sites for hydroxylation is 4. The van der Waals surface area contributed by atoms with Gasteiger partial charge in [0.25, 0.3) is 5.78 Å². The van der Waals surface area contributed by atoms with Gasteiger partial charge in [0.2, 0.25) is 0 Å². The van der Waals surface area contributed by atoms with E-state index in [-0.39, 0.29) is 17.0 Å². The Morgan fingerprint density at radius 1 is 0.977 bits per heavy atom. The fourth-order valence-corrected chi connectivity index (χ4v) is 7.11. The Labute approximate surface area is 260 Å². The van der Waals surface area contributed by atoms with Crippen molar-refractivity contribution in [3.05, 3.63) is 93.9 Å². The van der Waals surface area contributed by atoms with Crippen LogP contribution >= 0.6 is 11.3 Å². The number of nitrogens with zero attached hydrogens (tertiary/aromatic N) is 4. The van der Waals surface area contributed by atoms with Gasteiger partial charge in [-0.15, -0.1) is 0 Å². The maximum absolute atomic E-state index is 13.8. The molecule has 0 spiro atoms. The van der Waals surface area contributed by atoms with Crippen LogP contribution in [0.1, 0.15) is 72.3 Å². The van der Waals surface area contributed by atoms with E-state index in [1.807, 2.05) is 86.8 Å². The van der Waals surface area contributed by atoms with Crippen LogP contribution in [0.5, 0.6) is 5.75 Å². The number of thiazole rings is 1. The van der Waals surface area contributed by atoms with Gasteiger partial charge >= 0.3 is 5.91 Å². The molecule has 0 bridgehead atoms. The Morgan fingerprint density at radius 3 is 2.48 bits per heavy atom. The van der Waals surface area contributed by atoms with Crippen molar-refractivity contribution in [2.75, 3.05) is 11.5 Å². The van der Waals surface area contributed by atoms with Crippen LogP contribution in [-0.2, 0) is 9.59 Å². The van der Waals surface area contributed by atoms with Gasteiger partial charge in [-0.05, 0) is 80.6 Å². The first kappa shape index (κ1) is 29.6. The summed E-state index contributed by atoms with van der Waals surface area (Å²) in [4.78, 5) is 38.6. The topological polar surface area (TPSA) is 97.0 Å². The molecule has 0 saturated carbocycles. The summed E-state index contributed by atoms with van der Waals surface area (Å²) in [6, 6.07) is 14.4. The van der Waals surface area contributed by atoms with Crippen molar-refractivity contribution in [2.24, 2.45) is 0 Å². The highest BCUT2D eigenvalue weighted by Gasteiger charge is 2.48. The number of unbranched alkanes of at least 4 members (excludes halogenated alkanes) is 3.